The molecule has 0 radical (unpaired) electrons. The first-order chi connectivity index (χ1) is 8.81. The Morgan fingerprint density at radius 2 is 1.74 bits per heavy atom. The fourth-order valence-electron chi connectivity index (χ4n) is 2.07. The van der Waals surface area contributed by atoms with Crippen LogP contribution in [0.25, 0.3) is 0 Å². The normalized spacial score (nSPS) is 23.8. The van der Waals surface area contributed by atoms with Crippen LogP contribution in [0.4, 0.5) is 13.2 Å². The maximum Gasteiger partial charge on any atom is 0.389 e. The molecule has 1 rings (SSSR count). The Balaban J connectivity index is 2.25. The molecule has 0 unspecified atom stereocenters. The molecule has 1 aliphatic carbocycles. The van der Waals surface area contributed by atoms with Gasteiger partial charge < -0.3 is 9.47 Å². The van der Waals surface area contributed by atoms with Crippen molar-refractivity contribution < 1.29 is 32.2 Å². The van der Waals surface area contributed by atoms with Crippen molar-refractivity contribution >= 4 is 11.9 Å². The predicted octanol–water partition coefficient (Wildman–Crippen LogP) is 2.60. The van der Waals surface area contributed by atoms with E-state index in [2.05, 4.69) is 4.74 Å². The maximum absolute atomic E-state index is 11.9. The minimum Gasteiger partial charge on any atom is -0.469 e. The van der Waals surface area contributed by atoms with Gasteiger partial charge in [-0.15, -0.1) is 0 Å². The lowest BCUT2D eigenvalue weighted by molar-refractivity contribution is -0.163. The number of hydrogen-bond acceptors (Lipinski definition) is 4. The molecule has 0 atom stereocenters. The molecule has 0 spiro atoms. The number of esters is 2. The van der Waals surface area contributed by atoms with Crippen molar-refractivity contribution in [1.29, 1.82) is 0 Å². The molecule has 1 saturated carbocycles. The van der Waals surface area contributed by atoms with Crippen LogP contribution in [0.15, 0.2) is 0 Å². The molecule has 110 valence electrons. The Labute approximate surface area is 109 Å². The van der Waals surface area contributed by atoms with Gasteiger partial charge in [-0.25, -0.2) is 0 Å². The topological polar surface area (TPSA) is 52.6 Å². The smallest absolute Gasteiger partial charge is 0.389 e. The SMILES string of the molecule is COC(=O)C1CCC(OC(=O)CCC(F)(F)F)CC1. The highest BCUT2D eigenvalue weighted by Gasteiger charge is 2.31. The van der Waals surface area contributed by atoms with Gasteiger partial charge in [-0.2, -0.15) is 13.2 Å². The van der Waals surface area contributed by atoms with Crippen molar-refractivity contribution in [2.75, 3.05) is 7.11 Å². The summed E-state index contributed by atoms with van der Waals surface area (Å²) in [6.07, 6.45) is -4.52. The third-order valence-electron chi connectivity index (χ3n) is 3.12. The summed E-state index contributed by atoms with van der Waals surface area (Å²) < 4.78 is 45.3. The third-order valence-corrected chi connectivity index (χ3v) is 3.12. The second kappa shape index (κ2) is 6.77. The lowest BCUT2D eigenvalue weighted by atomic mass is 9.87. The van der Waals surface area contributed by atoms with Crippen molar-refractivity contribution in [3.8, 4) is 0 Å². The third kappa shape index (κ3) is 5.94. The average Bonchev–Trinajstić information content (AvgIpc) is 2.35. The fraction of sp³-hybridized carbons (Fsp3) is 0.833. The molecule has 0 aromatic rings. The zero-order valence-electron chi connectivity index (χ0n) is 10.7. The molecular formula is C12H17F3O4. The van der Waals surface area contributed by atoms with Crippen LogP contribution < -0.4 is 0 Å². The Morgan fingerprint density at radius 1 is 1.16 bits per heavy atom. The number of carbonyl (C=O) groups is 2. The molecule has 0 heterocycles. The second-order valence-corrected chi connectivity index (χ2v) is 4.60. The van der Waals surface area contributed by atoms with Gasteiger partial charge >= 0.3 is 18.1 Å². The van der Waals surface area contributed by atoms with Crippen LogP contribution in [0.3, 0.4) is 0 Å². The first-order valence-electron chi connectivity index (χ1n) is 6.16. The molecule has 19 heavy (non-hydrogen) atoms. The number of alkyl halides is 3. The molecule has 0 saturated heterocycles. The van der Waals surface area contributed by atoms with Crippen molar-refractivity contribution in [3.63, 3.8) is 0 Å². The molecule has 0 N–H and O–H groups in total. The van der Waals surface area contributed by atoms with Crippen LogP contribution in [-0.4, -0.2) is 31.3 Å². The van der Waals surface area contributed by atoms with Gasteiger partial charge in [0, 0.05) is 0 Å². The molecule has 4 nitrogen and oxygen atoms in total. The molecule has 1 fully saturated rings. The van der Waals surface area contributed by atoms with Crippen LogP contribution in [0.5, 0.6) is 0 Å². The Hall–Kier alpha value is -1.27. The van der Waals surface area contributed by atoms with Crippen LogP contribution in [0, 0.1) is 5.92 Å². The van der Waals surface area contributed by atoms with E-state index in [0.717, 1.165) is 0 Å². The van der Waals surface area contributed by atoms with Crippen molar-refractivity contribution in [3.05, 3.63) is 0 Å². The summed E-state index contributed by atoms with van der Waals surface area (Å²) in [7, 11) is 1.31. The molecule has 1 aliphatic rings. The minimum absolute atomic E-state index is 0.199. The maximum atomic E-state index is 11.9. The lowest BCUT2D eigenvalue weighted by Crippen LogP contribution is -2.28. The molecule has 0 bridgehead atoms. The van der Waals surface area contributed by atoms with E-state index in [1.165, 1.54) is 7.11 Å². The number of methoxy groups -OCH3 is 1. The monoisotopic (exact) mass is 282 g/mol. The number of ether oxygens (including phenoxy) is 2. The predicted molar refractivity (Wildman–Crippen MR) is 59.1 cm³/mol. The van der Waals surface area contributed by atoms with Gasteiger partial charge in [-0.05, 0) is 25.7 Å². The van der Waals surface area contributed by atoms with Gasteiger partial charge in [0.15, 0.2) is 0 Å². The van der Waals surface area contributed by atoms with Crippen LogP contribution in [0.1, 0.15) is 38.5 Å². The molecule has 0 aromatic carbocycles. The average molecular weight is 282 g/mol. The highest BCUT2D eigenvalue weighted by molar-refractivity contribution is 5.72. The van der Waals surface area contributed by atoms with Crippen LogP contribution >= 0.6 is 0 Å². The minimum atomic E-state index is -4.35. The van der Waals surface area contributed by atoms with E-state index in [1.807, 2.05) is 0 Å². The van der Waals surface area contributed by atoms with Gasteiger partial charge in [0.1, 0.15) is 6.10 Å². The highest BCUT2D eigenvalue weighted by atomic mass is 19.4. The molecule has 0 aliphatic heterocycles. The van der Waals surface area contributed by atoms with Gasteiger partial charge in [0.05, 0.1) is 25.9 Å². The van der Waals surface area contributed by atoms with Gasteiger partial charge in [0.2, 0.25) is 0 Å². The number of rotatable bonds is 4. The van der Waals surface area contributed by atoms with E-state index in [0.29, 0.717) is 25.7 Å². The summed E-state index contributed by atoms with van der Waals surface area (Å²) >= 11 is 0. The molecule has 7 heteroatoms. The summed E-state index contributed by atoms with van der Waals surface area (Å²) in [6, 6.07) is 0. The summed E-state index contributed by atoms with van der Waals surface area (Å²) in [4.78, 5) is 22.5. The van der Waals surface area contributed by atoms with E-state index in [-0.39, 0.29) is 18.0 Å². The van der Waals surface area contributed by atoms with E-state index in [4.69, 9.17) is 4.74 Å². The molecular weight excluding hydrogens is 265 g/mol. The van der Waals surface area contributed by atoms with Crippen molar-refractivity contribution in [1.82, 2.24) is 0 Å². The quantitative estimate of drug-likeness (QED) is 0.744. The van der Waals surface area contributed by atoms with Crippen LogP contribution in [0.2, 0.25) is 0 Å². The number of hydrogen-bond donors (Lipinski definition) is 0. The number of carbonyl (C=O) groups excluding carboxylic acids is 2. The summed E-state index contributed by atoms with van der Waals surface area (Å²) in [5.41, 5.74) is 0. The molecule has 0 amide bonds. The highest BCUT2D eigenvalue weighted by Crippen LogP contribution is 2.28. The summed E-state index contributed by atoms with van der Waals surface area (Å²) in [6.45, 7) is 0. The zero-order chi connectivity index (χ0) is 14.5. The van der Waals surface area contributed by atoms with Crippen molar-refractivity contribution in [2.24, 2.45) is 5.92 Å². The summed E-state index contributed by atoms with van der Waals surface area (Å²) in [5.74, 6) is -1.32. The summed E-state index contributed by atoms with van der Waals surface area (Å²) in [5, 5.41) is 0. The lowest BCUT2D eigenvalue weighted by Gasteiger charge is -2.26. The standard InChI is InChI=1S/C12H17F3O4/c1-18-11(17)8-2-4-9(5-3-8)19-10(16)6-7-12(13,14)15/h8-9H,2-7H2,1H3. The second-order valence-electron chi connectivity index (χ2n) is 4.60. The fourth-order valence-corrected chi connectivity index (χ4v) is 2.07. The van der Waals surface area contributed by atoms with Gasteiger partial charge in [-0.3, -0.25) is 9.59 Å². The van der Waals surface area contributed by atoms with E-state index < -0.39 is 25.0 Å². The van der Waals surface area contributed by atoms with Gasteiger partial charge in [0.25, 0.3) is 0 Å². The van der Waals surface area contributed by atoms with E-state index >= 15 is 0 Å². The Bertz CT molecular complexity index is 319. The first kappa shape index (κ1) is 15.8. The zero-order valence-corrected chi connectivity index (χ0v) is 10.7. The first-order valence-corrected chi connectivity index (χ1v) is 6.16. The van der Waals surface area contributed by atoms with Crippen LogP contribution in [-0.2, 0) is 19.1 Å². The van der Waals surface area contributed by atoms with E-state index in [1.54, 1.807) is 0 Å². The molecule has 0 aromatic heterocycles. The Kier molecular flexibility index (Phi) is 5.62. The largest absolute Gasteiger partial charge is 0.469 e. The Morgan fingerprint density at radius 3 is 2.21 bits per heavy atom. The van der Waals surface area contributed by atoms with Gasteiger partial charge in [-0.1, -0.05) is 0 Å². The van der Waals surface area contributed by atoms with Crippen molar-refractivity contribution in [2.45, 2.75) is 50.8 Å². The number of halogens is 3. The van der Waals surface area contributed by atoms with E-state index in [9.17, 15) is 22.8 Å².